The quantitative estimate of drug-likeness (QED) is 0.290. The van der Waals surface area contributed by atoms with Crippen LogP contribution < -0.4 is 5.32 Å². The third-order valence-corrected chi connectivity index (χ3v) is 9.10. The minimum atomic E-state index is -1.24. The second-order valence-corrected chi connectivity index (χ2v) is 10.9. The Hall–Kier alpha value is -3.48. The second-order valence-electron chi connectivity index (χ2n) is 9.73. The van der Waals surface area contributed by atoms with Gasteiger partial charge in [-0.25, -0.2) is 0 Å². The Morgan fingerprint density at radius 3 is 1.62 bits per heavy atom. The minimum absolute atomic E-state index is 0.0715. The van der Waals surface area contributed by atoms with Crippen LogP contribution in [0.5, 0.6) is 0 Å². The molecule has 1 aliphatic heterocycles. The molecule has 1 saturated heterocycles. The number of carbonyl (C=O) groups excluding carboxylic acids is 4. The molecule has 0 spiro atoms. The van der Waals surface area contributed by atoms with E-state index in [-0.39, 0.29) is 24.7 Å². The van der Waals surface area contributed by atoms with Crippen molar-refractivity contribution in [1.82, 2.24) is 4.90 Å². The highest BCUT2D eigenvalue weighted by Crippen LogP contribution is 2.69. The third-order valence-electron chi connectivity index (χ3n) is 7.81. The molecule has 8 heteroatoms. The molecule has 6 nitrogen and oxygen atoms in total. The second kappa shape index (κ2) is 8.27. The van der Waals surface area contributed by atoms with Gasteiger partial charge in [-0.1, -0.05) is 48.5 Å². The molecular formula is C29H22Cl2N2O4. The summed E-state index contributed by atoms with van der Waals surface area (Å²) in [6.45, 7) is 1.38. The number of anilines is 1. The first-order chi connectivity index (χ1) is 17.7. The number of amides is 3. The van der Waals surface area contributed by atoms with E-state index in [2.05, 4.69) is 5.32 Å². The van der Waals surface area contributed by atoms with E-state index in [4.69, 9.17) is 23.2 Å². The molecular weight excluding hydrogens is 511 g/mol. The number of ketones is 1. The molecule has 7 rings (SSSR count). The number of imide groups is 1. The summed E-state index contributed by atoms with van der Waals surface area (Å²) in [5.41, 5.74) is 4.01. The summed E-state index contributed by atoms with van der Waals surface area (Å²) < 4.78 is 0. The summed E-state index contributed by atoms with van der Waals surface area (Å²) >= 11 is 14.8. The summed E-state index contributed by atoms with van der Waals surface area (Å²) in [6.07, 6.45) is -0.0875. The molecule has 1 heterocycles. The fraction of sp³-hybridized carbons (Fsp3) is 0.241. The lowest BCUT2D eigenvalue weighted by Gasteiger charge is -2.54. The van der Waals surface area contributed by atoms with Crippen molar-refractivity contribution in [3.63, 3.8) is 0 Å². The van der Waals surface area contributed by atoms with Gasteiger partial charge in [0.2, 0.25) is 17.7 Å². The smallest absolute Gasteiger partial charge is 0.235 e. The first-order valence-corrected chi connectivity index (χ1v) is 12.8. The predicted octanol–water partition coefficient (Wildman–Crippen LogP) is 4.81. The predicted molar refractivity (Wildman–Crippen MR) is 140 cm³/mol. The molecule has 3 aromatic carbocycles. The van der Waals surface area contributed by atoms with Crippen molar-refractivity contribution in [1.29, 1.82) is 0 Å². The monoisotopic (exact) mass is 532 g/mol. The fourth-order valence-corrected chi connectivity index (χ4v) is 7.27. The minimum Gasteiger partial charge on any atom is -0.326 e. The molecule has 0 aromatic heterocycles. The molecule has 2 atom stereocenters. The molecule has 0 unspecified atom stereocenters. The van der Waals surface area contributed by atoms with E-state index in [1.165, 1.54) is 6.92 Å². The Morgan fingerprint density at radius 2 is 1.22 bits per heavy atom. The SMILES string of the molecule is CC(=O)c1ccc(NC(=O)CCN2C(=O)[C@@H]3[C@@H](C2=O)C2(Cl)c4ccccc4C3(Cl)c3ccccc32)cc1. The summed E-state index contributed by atoms with van der Waals surface area (Å²) in [6, 6.07) is 21.4. The third kappa shape index (κ3) is 3.19. The molecule has 3 aliphatic carbocycles. The van der Waals surface area contributed by atoms with E-state index in [0.717, 1.165) is 27.2 Å². The van der Waals surface area contributed by atoms with Gasteiger partial charge >= 0.3 is 0 Å². The molecule has 0 radical (unpaired) electrons. The number of nitrogens with zero attached hydrogens (tertiary/aromatic N) is 1. The lowest BCUT2D eigenvalue weighted by Crippen LogP contribution is -2.57. The van der Waals surface area contributed by atoms with Crippen LogP contribution in [-0.2, 0) is 24.1 Å². The Labute approximate surface area is 223 Å². The van der Waals surface area contributed by atoms with Gasteiger partial charge in [0.15, 0.2) is 5.78 Å². The van der Waals surface area contributed by atoms with Gasteiger partial charge in [0.05, 0.1) is 11.8 Å². The lowest BCUT2D eigenvalue weighted by atomic mass is 9.54. The highest BCUT2D eigenvalue weighted by Gasteiger charge is 2.72. The van der Waals surface area contributed by atoms with Crippen LogP contribution in [-0.4, -0.2) is 34.9 Å². The Balaban J connectivity index is 1.29. The number of halogens is 2. The average molecular weight is 533 g/mol. The van der Waals surface area contributed by atoms with Crippen LogP contribution in [0, 0.1) is 11.8 Å². The molecule has 37 heavy (non-hydrogen) atoms. The molecule has 0 saturated carbocycles. The maximum Gasteiger partial charge on any atom is 0.235 e. The van der Waals surface area contributed by atoms with Crippen molar-refractivity contribution in [3.8, 4) is 0 Å². The van der Waals surface area contributed by atoms with E-state index >= 15 is 0 Å². The maximum atomic E-state index is 13.8. The molecule has 1 fully saturated rings. The van der Waals surface area contributed by atoms with Gasteiger partial charge in [0.1, 0.15) is 9.75 Å². The zero-order chi connectivity index (χ0) is 26.1. The van der Waals surface area contributed by atoms with E-state index in [9.17, 15) is 19.2 Å². The van der Waals surface area contributed by atoms with Crippen molar-refractivity contribution in [2.45, 2.75) is 23.1 Å². The van der Waals surface area contributed by atoms with Crippen molar-refractivity contribution >= 4 is 52.4 Å². The zero-order valence-electron chi connectivity index (χ0n) is 19.8. The summed E-state index contributed by atoms with van der Waals surface area (Å²) in [5.74, 6) is -3.04. The van der Waals surface area contributed by atoms with Gasteiger partial charge in [0.25, 0.3) is 0 Å². The largest absolute Gasteiger partial charge is 0.326 e. The Kier molecular flexibility index (Phi) is 5.34. The van der Waals surface area contributed by atoms with E-state index in [1.807, 2.05) is 48.5 Å². The first-order valence-electron chi connectivity index (χ1n) is 12.0. The molecule has 186 valence electrons. The standard InChI is InChI=1S/C29H22Cl2N2O4/c1-16(34)17-10-12-18(13-11-17)32-23(35)14-15-33-26(36)24-25(27(33)37)29(31)20-7-3-2-6-19(20)28(24,30)21-8-4-5-9-22(21)29/h2-13,24-25H,14-15H2,1H3,(H,32,35)/t24-,25-,28?,29?/m0/s1. The topological polar surface area (TPSA) is 83.6 Å². The first kappa shape index (κ1) is 23.9. The molecule has 2 bridgehead atoms. The molecule has 3 aromatic rings. The number of hydrogen-bond donors (Lipinski definition) is 1. The van der Waals surface area contributed by atoms with Gasteiger partial charge in [0, 0.05) is 24.2 Å². The zero-order valence-corrected chi connectivity index (χ0v) is 21.3. The highest BCUT2D eigenvalue weighted by atomic mass is 35.5. The normalized spacial score (nSPS) is 26.9. The lowest BCUT2D eigenvalue weighted by molar-refractivity contribution is -0.140. The number of alkyl halides is 2. The molecule has 3 amide bonds. The van der Waals surface area contributed by atoms with Crippen LogP contribution in [0.4, 0.5) is 5.69 Å². The molecule has 4 aliphatic rings. The average Bonchev–Trinajstić information content (AvgIpc) is 3.16. The van der Waals surface area contributed by atoms with Crippen molar-refractivity contribution in [3.05, 3.63) is 101 Å². The van der Waals surface area contributed by atoms with Crippen molar-refractivity contribution < 1.29 is 19.2 Å². The number of rotatable bonds is 5. The van der Waals surface area contributed by atoms with Crippen LogP contribution in [0.1, 0.15) is 46.0 Å². The summed E-state index contributed by atoms with van der Waals surface area (Å²) in [5, 5.41) is 2.75. The van der Waals surface area contributed by atoms with E-state index < -0.39 is 33.4 Å². The van der Waals surface area contributed by atoms with Crippen molar-refractivity contribution in [2.75, 3.05) is 11.9 Å². The Morgan fingerprint density at radius 1 is 0.784 bits per heavy atom. The van der Waals surface area contributed by atoms with Gasteiger partial charge in [-0.05, 0) is 53.4 Å². The number of carbonyl (C=O) groups is 4. The van der Waals surface area contributed by atoms with E-state index in [0.29, 0.717) is 11.3 Å². The Bertz CT molecular complexity index is 1380. The number of hydrogen-bond acceptors (Lipinski definition) is 4. The maximum absolute atomic E-state index is 13.8. The van der Waals surface area contributed by atoms with Crippen LogP contribution in [0.25, 0.3) is 0 Å². The van der Waals surface area contributed by atoms with Crippen LogP contribution in [0.2, 0.25) is 0 Å². The van der Waals surface area contributed by atoms with E-state index in [1.54, 1.807) is 24.3 Å². The van der Waals surface area contributed by atoms with Crippen LogP contribution in [0.3, 0.4) is 0 Å². The summed E-state index contributed by atoms with van der Waals surface area (Å²) in [4.78, 5) is 50.3. The van der Waals surface area contributed by atoms with Crippen LogP contribution >= 0.6 is 23.2 Å². The molecule has 1 N–H and O–H groups in total. The van der Waals surface area contributed by atoms with Gasteiger partial charge in [-0.15, -0.1) is 23.2 Å². The number of nitrogens with one attached hydrogen (secondary N) is 1. The highest BCUT2D eigenvalue weighted by molar-refractivity contribution is 6.36. The van der Waals surface area contributed by atoms with Gasteiger partial charge in [-0.3, -0.25) is 24.1 Å². The van der Waals surface area contributed by atoms with Gasteiger partial charge < -0.3 is 5.32 Å². The van der Waals surface area contributed by atoms with Crippen molar-refractivity contribution in [2.24, 2.45) is 11.8 Å². The summed E-state index contributed by atoms with van der Waals surface area (Å²) in [7, 11) is 0. The van der Waals surface area contributed by atoms with Crippen LogP contribution in [0.15, 0.2) is 72.8 Å². The van der Waals surface area contributed by atoms with Gasteiger partial charge in [-0.2, -0.15) is 0 Å². The number of likely N-dealkylation sites (tertiary alicyclic amines) is 1. The fourth-order valence-electron chi connectivity index (χ4n) is 6.17. The number of benzene rings is 3. The number of Topliss-reactive ketones (excluding diaryl/α,β-unsaturated/α-hetero) is 1.